The Balaban J connectivity index is 2.03. The second-order valence-corrected chi connectivity index (χ2v) is 4.58. The van der Waals surface area contributed by atoms with Gasteiger partial charge in [0, 0.05) is 11.8 Å². The number of methoxy groups -OCH3 is 1. The first-order valence-electron chi connectivity index (χ1n) is 6.48. The van der Waals surface area contributed by atoms with E-state index in [4.69, 9.17) is 0 Å². The number of aromatic nitrogens is 1. The molecule has 1 N–H and O–H groups in total. The van der Waals surface area contributed by atoms with Gasteiger partial charge in [-0.2, -0.15) is 0 Å². The van der Waals surface area contributed by atoms with Gasteiger partial charge in [-0.25, -0.2) is 4.79 Å². The zero-order valence-corrected chi connectivity index (χ0v) is 11.9. The molecule has 108 valence electrons. The Morgan fingerprint density at radius 3 is 2.71 bits per heavy atom. The second kappa shape index (κ2) is 6.65. The smallest absolute Gasteiger partial charge is 0.337 e. The van der Waals surface area contributed by atoms with E-state index in [9.17, 15) is 9.59 Å². The summed E-state index contributed by atoms with van der Waals surface area (Å²) in [5.41, 5.74) is 2.62. The summed E-state index contributed by atoms with van der Waals surface area (Å²) in [6, 6.07) is 10.5. The van der Waals surface area contributed by atoms with E-state index >= 15 is 0 Å². The second-order valence-electron chi connectivity index (χ2n) is 4.58. The summed E-state index contributed by atoms with van der Waals surface area (Å²) in [6.45, 7) is 2.18. The lowest BCUT2D eigenvalue weighted by atomic mass is 10.1. The van der Waals surface area contributed by atoms with Gasteiger partial charge >= 0.3 is 5.97 Å². The number of esters is 1. The normalized spacial score (nSPS) is 10.0. The molecule has 1 heterocycles. The van der Waals surface area contributed by atoms with Crippen molar-refractivity contribution in [2.45, 2.75) is 13.5 Å². The minimum Gasteiger partial charge on any atom is -0.465 e. The van der Waals surface area contributed by atoms with Crippen LogP contribution in [0.25, 0.3) is 0 Å². The minimum atomic E-state index is -0.427. The maximum absolute atomic E-state index is 12.0. The molecule has 0 fully saturated rings. The Labute approximate surface area is 123 Å². The topological polar surface area (TPSA) is 68.3 Å². The van der Waals surface area contributed by atoms with Gasteiger partial charge < -0.3 is 10.1 Å². The molecule has 1 aromatic heterocycles. The average Bonchev–Trinajstić information content (AvgIpc) is 2.52. The number of pyridine rings is 1. The highest BCUT2D eigenvalue weighted by Crippen LogP contribution is 2.06. The zero-order valence-electron chi connectivity index (χ0n) is 11.9. The molecule has 0 atom stereocenters. The monoisotopic (exact) mass is 284 g/mol. The molecule has 0 saturated heterocycles. The molecule has 2 rings (SSSR count). The number of rotatable bonds is 4. The van der Waals surface area contributed by atoms with Crippen molar-refractivity contribution in [1.29, 1.82) is 0 Å². The number of ether oxygens (including phenoxy) is 1. The number of aryl methyl sites for hydroxylation is 1. The van der Waals surface area contributed by atoms with Crippen molar-refractivity contribution in [3.63, 3.8) is 0 Å². The van der Waals surface area contributed by atoms with Gasteiger partial charge in [-0.3, -0.25) is 9.78 Å². The molecule has 0 radical (unpaired) electrons. The van der Waals surface area contributed by atoms with Crippen molar-refractivity contribution < 1.29 is 14.3 Å². The molecule has 0 aliphatic rings. The van der Waals surface area contributed by atoms with Crippen molar-refractivity contribution in [3.05, 3.63) is 65.0 Å². The van der Waals surface area contributed by atoms with Crippen molar-refractivity contribution >= 4 is 11.9 Å². The molecule has 0 unspecified atom stereocenters. The first-order chi connectivity index (χ1) is 10.1. The van der Waals surface area contributed by atoms with Crippen LogP contribution in [0.3, 0.4) is 0 Å². The van der Waals surface area contributed by atoms with Crippen LogP contribution in [0, 0.1) is 6.92 Å². The Kier molecular flexibility index (Phi) is 4.66. The van der Waals surface area contributed by atoms with E-state index in [-0.39, 0.29) is 12.5 Å². The Hall–Kier alpha value is -2.69. The maximum Gasteiger partial charge on any atom is 0.337 e. The van der Waals surface area contributed by atoms with E-state index in [0.29, 0.717) is 16.8 Å². The standard InChI is InChI=1S/C16H16N2O3/c1-11-4-3-5-12(8-11)15(19)18-10-14-9-13(6-7-17-14)16(20)21-2/h3-9H,10H2,1-2H3,(H,18,19). The third-order valence-electron chi connectivity index (χ3n) is 2.95. The predicted molar refractivity (Wildman–Crippen MR) is 77.9 cm³/mol. The van der Waals surface area contributed by atoms with Gasteiger partial charge in [0.2, 0.25) is 0 Å². The van der Waals surface area contributed by atoms with Crippen molar-refractivity contribution in [1.82, 2.24) is 10.3 Å². The fourth-order valence-electron chi connectivity index (χ4n) is 1.88. The largest absolute Gasteiger partial charge is 0.465 e. The van der Waals surface area contributed by atoms with Gasteiger partial charge in [0.1, 0.15) is 0 Å². The van der Waals surface area contributed by atoms with Gasteiger partial charge in [-0.15, -0.1) is 0 Å². The van der Waals surface area contributed by atoms with Crippen LogP contribution in [-0.2, 0) is 11.3 Å². The number of nitrogens with one attached hydrogen (secondary N) is 1. The number of benzene rings is 1. The van der Waals surface area contributed by atoms with E-state index in [0.717, 1.165) is 5.56 Å². The van der Waals surface area contributed by atoms with Crippen LogP contribution >= 0.6 is 0 Å². The molecule has 5 heteroatoms. The van der Waals surface area contributed by atoms with E-state index in [2.05, 4.69) is 15.0 Å². The van der Waals surface area contributed by atoms with Crippen LogP contribution in [0.4, 0.5) is 0 Å². The van der Waals surface area contributed by atoms with Gasteiger partial charge in [0.25, 0.3) is 5.91 Å². The van der Waals surface area contributed by atoms with Gasteiger partial charge in [0.05, 0.1) is 24.9 Å². The molecule has 0 aliphatic heterocycles. The fourth-order valence-corrected chi connectivity index (χ4v) is 1.88. The van der Waals surface area contributed by atoms with E-state index in [1.807, 2.05) is 25.1 Å². The molecule has 1 aromatic carbocycles. The van der Waals surface area contributed by atoms with Crippen LogP contribution in [0.5, 0.6) is 0 Å². The van der Waals surface area contributed by atoms with Crippen molar-refractivity contribution in [2.75, 3.05) is 7.11 Å². The molecule has 0 saturated carbocycles. The third-order valence-corrected chi connectivity index (χ3v) is 2.95. The quantitative estimate of drug-likeness (QED) is 0.873. The Bertz CT molecular complexity index is 668. The summed E-state index contributed by atoms with van der Waals surface area (Å²) in [6.07, 6.45) is 1.51. The highest BCUT2D eigenvalue weighted by atomic mass is 16.5. The lowest BCUT2D eigenvalue weighted by Crippen LogP contribution is -2.23. The van der Waals surface area contributed by atoms with Crippen molar-refractivity contribution in [2.24, 2.45) is 0 Å². The summed E-state index contributed by atoms with van der Waals surface area (Å²) in [7, 11) is 1.32. The summed E-state index contributed by atoms with van der Waals surface area (Å²) in [4.78, 5) is 27.6. The molecule has 5 nitrogen and oxygen atoms in total. The van der Waals surface area contributed by atoms with Gasteiger partial charge in [0.15, 0.2) is 0 Å². The summed E-state index contributed by atoms with van der Waals surface area (Å²) < 4.78 is 4.65. The number of nitrogens with zero attached hydrogens (tertiary/aromatic N) is 1. The lowest BCUT2D eigenvalue weighted by molar-refractivity contribution is 0.0600. The number of carbonyl (C=O) groups excluding carboxylic acids is 2. The number of hydrogen-bond acceptors (Lipinski definition) is 4. The van der Waals surface area contributed by atoms with Crippen LogP contribution in [0.15, 0.2) is 42.6 Å². The predicted octanol–water partition coefficient (Wildman–Crippen LogP) is 2.11. The average molecular weight is 284 g/mol. The van der Waals surface area contributed by atoms with Crippen LogP contribution in [-0.4, -0.2) is 24.0 Å². The summed E-state index contributed by atoms with van der Waals surface area (Å²) in [5, 5.41) is 2.77. The first-order valence-corrected chi connectivity index (χ1v) is 6.48. The molecule has 0 spiro atoms. The zero-order chi connectivity index (χ0) is 15.2. The molecule has 0 bridgehead atoms. The van der Waals surface area contributed by atoms with Crippen LogP contribution < -0.4 is 5.32 Å². The summed E-state index contributed by atoms with van der Waals surface area (Å²) in [5.74, 6) is -0.604. The first kappa shape index (κ1) is 14.7. The third kappa shape index (κ3) is 3.89. The molecular weight excluding hydrogens is 268 g/mol. The molecule has 0 aliphatic carbocycles. The van der Waals surface area contributed by atoms with E-state index in [1.165, 1.54) is 13.3 Å². The minimum absolute atomic E-state index is 0.177. The van der Waals surface area contributed by atoms with Gasteiger partial charge in [-0.05, 0) is 31.2 Å². The van der Waals surface area contributed by atoms with Gasteiger partial charge in [-0.1, -0.05) is 17.7 Å². The lowest BCUT2D eigenvalue weighted by Gasteiger charge is -2.06. The highest BCUT2D eigenvalue weighted by molar-refractivity contribution is 5.94. The van der Waals surface area contributed by atoms with Crippen molar-refractivity contribution in [3.8, 4) is 0 Å². The van der Waals surface area contributed by atoms with Crippen LogP contribution in [0.2, 0.25) is 0 Å². The van der Waals surface area contributed by atoms with E-state index < -0.39 is 5.97 Å². The molecule has 1 amide bonds. The number of hydrogen-bond donors (Lipinski definition) is 1. The fraction of sp³-hybridized carbons (Fsp3) is 0.188. The molecule has 2 aromatic rings. The Morgan fingerprint density at radius 1 is 1.19 bits per heavy atom. The Morgan fingerprint density at radius 2 is 2.00 bits per heavy atom. The highest BCUT2D eigenvalue weighted by Gasteiger charge is 2.08. The molecule has 21 heavy (non-hydrogen) atoms. The number of amides is 1. The maximum atomic E-state index is 12.0. The van der Waals surface area contributed by atoms with E-state index in [1.54, 1.807) is 18.2 Å². The molecular formula is C16H16N2O3. The number of carbonyl (C=O) groups is 2. The van der Waals surface area contributed by atoms with Crippen LogP contribution in [0.1, 0.15) is 32.0 Å². The summed E-state index contributed by atoms with van der Waals surface area (Å²) >= 11 is 0. The SMILES string of the molecule is COC(=O)c1ccnc(CNC(=O)c2cccc(C)c2)c1.